The van der Waals surface area contributed by atoms with Gasteiger partial charge in [0.25, 0.3) is 0 Å². The Balaban J connectivity index is 1.47. The van der Waals surface area contributed by atoms with Crippen molar-refractivity contribution in [1.29, 1.82) is 0 Å². The smallest absolute Gasteiger partial charge is 0.0107 e. The Kier molecular flexibility index (Phi) is 7.18. The van der Waals surface area contributed by atoms with Crippen LogP contribution < -0.4 is 10.6 Å². The molecule has 1 aliphatic heterocycles. The maximum Gasteiger partial charge on any atom is 0.0107 e. The van der Waals surface area contributed by atoms with Gasteiger partial charge in [-0.25, -0.2) is 0 Å². The van der Waals surface area contributed by atoms with Gasteiger partial charge in [0.1, 0.15) is 0 Å². The molecule has 2 aliphatic rings. The van der Waals surface area contributed by atoms with E-state index in [4.69, 9.17) is 0 Å². The third-order valence-corrected chi connectivity index (χ3v) is 4.73. The maximum absolute atomic E-state index is 3.68. The summed E-state index contributed by atoms with van der Waals surface area (Å²) in [6.07, 6.45) is 8.80. The lowest BCUT2D eigenvalue weighted by Crippen LogP contribution is -2.46. The highest BCUT2D eigenvalue weighted by Gasteiger charge is 2.14. The number of hydrogen-bond acceptors (Lipinski definition) is 3. The Morgan fingerprint density at radius 2 is 1.89 bits per heavy atom. The number of hydrogen-bond donors (Lipinski definition) is 2. The van der Waals surface area contributed by atoms with Gasteiger partial charge in [0.05, 0.1) is 0 Å². The minimum atomic E-state index is 0.782. The van der Waals surface area contributed by atoms with Crippen LogP contribution in [0.3, 0.4) is 0 Å². The molecule has 0 aromatic carbocycles. The molecule has 0 aromatic heterocycles. The van der Waals surface area contributed by atoms with Crippen molar-refractivity contribution in [3.63, 3.8) is 0 Å². The van der Waals surface area contributed by atoms with Crippen LogP contribution in [0.15, 0.2) is 0 Å². The Bertz CT molecular complexity index is 220. The molecule has 0 bridgehead atoms. The molecule has 19 heavy (non-hydrogen) atoms. The Labute approximate surface area is 119 Å². The summed E-state index contributed by atoms with van der Waals surface area (Å²) < 4.78 is 0. The quantitative estimate of drug-likeness (QED) is 0.692. The first-order valence-corrected chi connectivity index (χ1v) is 8.48. The van der Waals surface area contributed by atoms with E-state index in [1.165, 1.54) is 84.3 Å². The van der Waals surface area contributed by atoms with Crippen LogP contribution in [-0.2, 0) is 0 Å². The first-order chi connectivity index (χ1) is 9.34. The van der Waals surface area contributed by atoms with Crippen molar-refractivity contribution in [3.05, 3.63) is 0 Å². The van der Waals surface area contributed by atoms with Crippen molar-refractivity contribution >= 4 is 0 Å². The van der Waals surface area contributed by atoms with Gasteiger partial charge >= 0.3 is 0 Å². The van der Waals surface area contributed by atoms with Crippen molar-refractivity contribution in [2.45, 2.75) is 45.4 Å². The van der Waals surface area contributed by atoms with Gasteiger partial charge < -0.3 is 15.5 Å². The van der Waals surface area contributed by atoms with Crippen molar-refractivity contribution in [1.82, 2.24) is 15.5 Å². The number of rotatable bonds is 7. The fraction of sp³-hybridized carbons (Fsp3) is 1.00. The van der Waals surface area contributed by atoms with Crippen LogP contribution in [-0.4, -0.2) is 50.7 Å². The third kappa shape index (κ3) is 6.24. The molecule has 3 heteroatoms. The highest BCUT2D eigenvalue weighted by molar-refractivity contribution is 4.71. The van der Waals surface area contributed by atoms with E-state index in [-0.39, 0.29) is 0 Å². The highest BCUT2D eigenvalue weighted by atomic mass is 15.2. The average molecular weight is 267 g/mol. The van der Waals surface area contributed by atoms with Gasteiger partial charge in [0, 0.05) is 32.7 Å². The second-order valence-electron chi connectivity index (χ2n) is 6.65. The van der Waals surface area contributed by atoms with Gasteiger partial charge in [-0.15, -0.1) is 0 Å². The normalized spacial score (nSPS) is 24.5. The molecule has 112 valence electrons. The predicted molar refractivity (Wildman–Crippen MR) is 82.5 cm³/mol. The van der Waals surface area contributed by atoms with E-state index in [1.807, 2.05) is 0 Å². The Morgan fingerprint density at radius 3 is 2.63 bits per heavy atom. The highest BCUT2D eigenvalue weighted by Crippen LogP contribution is 2.25. The van der Waals surface area contributed by atoms with E-state index in [9.17, 15) is 0 Å². The summed E-state index contributed by atoms with van der Waals surface area (Å²) in [6.45, 7) is 10.9. The predicted octanol–water partition coefficient (Wildman–Crippen LogP) is 2.09. The number of piperazine rings is 1. The largest absolute Gasteiger partial charge is 0.316 e. The second-order valence-corrected chi connectivity index (χ2v) is 6.65. The molecule has 1 heterocycles. The number of nitrogens with one attached hydrogen (secondary N) is 2. The fourth-order valence-corrected chi connectivity index (χ4v) is 3.53. The van der Waals surface area contributed by atoms with Gasteiger partial charge in [0.15, 0.2) is 0 Å². The van der Waals surface area contributed by atoms with Crippen molar-refractivity contribution in [3.8, 4) is 0 Å². The first kappa shape index (κ1) is 15.3. The molecule has 2 N–H and O–H groups in total. The molecule has 2 rings (SSSR count). The summed E-state index contributed by atoms with van der Waals surface area (Å²) in [5, 5.41) is 7.10. The summed E-state index contributed by atoms with van der Waals surface area (Å²) in [7, 11) is 0. The van der Waals surface area contributed by atoms with Crippen LogP contribution in [0.5, 0.6) is 0 Å². The summed E-state index contributed by atoms with van der Waals surface area (Å²) in [4.78, 5) is 2.60. The lowest BCUT2D eigenvalue weighted by molar-refractivity contribution is 0.208. The lowest BCUT2D eigenvalue weighted by atomic mass is 9.87. The molecular weight excluding hydrogens is 234 g/mol. The zero-order valence-corrected chi connectivity index (χ0v) is 12.8. The summed E-state index contributed by atoms with van der Waals surface area (Å²) in [5.74, 6) is 1.80. The summed E-state index contributed by atoms with van der Waals surface area (Å²) in [6, 6.07) is 0. The minimum absolute atomic E-state index is 0.782. The monoisotopic (exact) mass is 267 g/mol. The lowest BCUT2D eigenvalue weighted by Gasteiger charge is -2.29. The average Bonchev–Trinajstić information content (AvgIpc) is 2.46. The van der Waals surface area contributed by atoms with Gasteiger partial charge in [-0.1, -0.05) is 39.0 Å². The van der Waals surface area contributed by atoms with E-state index < -0.39 is 0 Å². The molecule has 0 aromatic rings. The van der Waals surface area contributed by atoms with Crippen LogP contribution >= 0.6 is 0 Å². The van der Waals surface area contributed by atoms with Crippen LogP contribution in [0, 0.1) is 11.8 Å². The van der Waals surface area contributed by atoms with E-state index in [0.717, 1.165) is 11.8 Å². The standard InChI is InChI=1S/C16H33N3/c1-15(14-19-11-9-17-10-12-19)13-18-8-7-16-5-3-2-4-6-16/h15-18H,2-14H2,1H3. The molecule has 0 spiro atoms. The van der Waals surface area contributed by atoms with Crippen LogP contribution in [0.1, 0.15) is 45.4 Å². The van der Waals surface area contributed by atoms with Crippen LogP contribution in [0.2, 0.25) is 0 Å². The fourth-order valence-electron chi connectivity index (χ4n) is 3.53. The maximum atomic E-state index is 3.68. The number of nitrogens with zero attached hydrogens (tertiary/aromatic N) is 1. The summed E-state index contributed by atoms with van der Waals surface area (Å²) >= 11 is 0. The Hall–Kier alpha value is -0.120. The SMILES string of the molecule is CC(CNCCC1CCCCC1)CN1CCNCC1. The molecular formula is C16H33N3. The minimum Gasteiger partial charge on any atom is -0.316 e. The molecule has 2 fully saturated rings. The molecule has 3 nitrogen and oxygen atoms in total. The molecule has 1 unspecified atom stereocenters. The Morgan fingerprint density at radius 1 is 1.16 bits per heavy atom. The zero-order chi connectivity index (χ0) is 13.3. The van der Waals surface area contributed by atoms with Gasteiger partial charge in [-0.3, -0.25) is 0 Å². The second kappa shape index (κ2) is 8.93. The first-order valence-electron chi connectivity index (χ1n) is 8.48. The van der Waals surface area contributed by atoms with E-state index in [1.54, 1.807) is 0 Å². The van der Waals surface area contributed by atoms with Gasteiger partial charge in [-0.2, -0.15) is 0 Å². The molecule has 0 amide bonds. The zero-order valence-electron chi connectivity index (χ0n) is 12.8. The van der Waals surface area contributed by atoms with Gasteiger partial charge in [-0.05, 0) is 31.3 Å². The molecule has 1 aliphatic carbocycles. The van der Waals surface area contributed by atoms with Crippen molar-refractivity contribution in [2.75, 3.05) is 45.8 Å². The third-order valence-electron chi connectivity index (χ3n) is 4.73. The van der Waals surface area contributed by atoms with Crippen LogP contribution in [0.25, 0.3) is 0 Å². The van der Waals surface area contributed by atoms with Gasteiger partial charge in [0.2, 0.25) is 0 Å². The molecule has 0 radical (unpaired) electrons. The van der Waals surface area contributed by atoms with Crippen LogP contribution in [0.4, 0.5) is 0 Å². The molecule has 1 saturated carbocycles. The topological polar surface area (TPSA) is 27.3 Å². The van der Waals surface area contributed by atoms with E-state index >= 15 is 0 Å². The molecule has 1 atom stereocenters. The summed E-state index contributed by atoms with van der Waals surface area (Å²) in [5.41, 5.74) is 0. The van der Waals surface area contributed by atoms with E-state index in [2.05, 4.69) is 22.5 Å². The molecule has 1 saturated heterocycles. The van der Waals surface area contributed by atoms with Crippen molar-refractivity contribution < 1.29 is 0 Å². The van der Waals surface area contributed by atoms with Crippen molar-refractivity contribution in [2.24, 2.45) is 11.8 Å². The van der Waals surface area contributed by atoms with E-state index in [0.29, 0.717) is 0 Å².